The van der Waals surface area contributed by atoms with Gasteiger partial charge in [0.05, 0.1) is 12.7 Å². The van der Waals surface area contributed by atoms with Crippen LogP contribution in [-0.4, -0.2) is 22.1 Å². The van der Waals surface area contributed by atoms with E-state index in [1.165, 1.54) is 11.6 Å². The molecule has 1 aliphatic heterocycles. The van der Waals surface area contributed by atoms with Gasteiger partial charge in [0.15, 0.2) is 0 Å². The zero-order valence-electron chi connectivity index (χ0n) is 25.4. The standard InChI is InChI=1S/C37H31N4O.Pt/c1-37(2,3)28-16-11-24(12-17-28)26-14-19-30-32(22-26)41(35-10-5-6-21-38-35)33-23-27(15-20-31(33)40(30)4)29-18-13-25-8-7-9-34(42)36(25)39-29;/h5-22,42H,1-4H3;/q-1;/i8D;. The van der Waals surface area contributed by atoms with Crippen LogP contribution in [0.5, 0.6) is 5.75 Å². The molecule has 43 heavy (non-hydrogen) atoms. The van der Waals surface area contributed by atoms with Crippen LogP contribution in [0.25, 0.3) is 33.3 Å². The second-order valence-electron chi connectivity index (χ2n) is 11.7. The maximum absolute atomic E-state index is 10.5. The van der Waals surface area contributed by atoms with E-state index in [9.17, 15) is 5.11 Å². The molecule has 6 heteroatoms. The second-order valence-corrected chi connectivity index (χ2v) is 11.7. The first-order chi connectivity index (χ1) is 20.7. The average molecular weight is 744 g/mol. The third kappa shape index (κ3) is 5.08. The fraction of sp³-hybridized carbons (Fsp3) is 0.135. The number of benzene rings is 4. The van der Waals surface area contributed by atoms with Crippen molar-refractivity contribution in [3.05, 3.63) is 121 Å². The van der Waals surface area contributed by atoms with Crippen molar-refractivity contribution in [2.45, 2.75) is 26.2 Å². The van der Waals surface area contributed by atoms with Gasteiger partial charge in [-0.3, -0.25) is 4.98 Å². The van der Waals surface area contributed by atoms with E-state index in [0.29, 0.717) is 22.6 Å². The first-order valence-electron chi connectivity index (χ1n) is 14.5. The summed E-state index contributed by atoms with van der Waals surface area (Å²) in [6, 6.07) is 36.1. The molecule has 4 aromatic carbocycles. The van der Waals surface area contributed by atoms with Crippen LogP contribution < -0.4 is 9.80 Å². The molecule has 7 rings (SSSR count). The molecule has 0 atom stereocenters. The van der Waals surface area contributed by atoms with Crippen molar-refractivity contribution < 1.29 is 27.5 Å². The molecule has 0 saturated carbocycles. The van der Waals surface area contributed by atoms with E-state index >= 15 is 0 Å². The quantitative estimate of drug-likeness (QED) is 0.183. The normalized spacial score (nSPS) is 12.8. The summed E-state index contributed by atoms with van der Waals surface area (Å²) < 4.78 is 8.21. The van der Waals surface area contributed by atoms with Gasteiger partial charge < -0.3 is 14.9 Å². The molecule has 0 spiro atoms. The molecule has 0 radical (unpaired) electrons. The van der Waals surface area contributed by atoms with Gasteiger partial charge in [-0.05, 0) is 69.5 Å². The molecule has 1 N–H and O–H groups in total. The van der Waals surface area contributed by atoms with Gasteiger partial charge in [-0.2, -0.15) is 0 Å². The number of hydrogen-bond acceptors (Lipinski definition) is 5. The molecule has 5 nitrogen and oxygen atoms in total. The van der Waals surface area contributed by atoms with Crippen molar-refractivity contribution in [2.75, 3.05) is 16.8 Å². The summed E-state index contributed by atoms with van der Waals surface area (Å²) in [5.74, 6) is 0.840. The number of phenols is 1. The Bertz CT molecular complexity index is 2010. The molecule has 0 fully saturated rings. The Morgan fingerprint density at radius 2 is 1.58 bits per heavy atom. The van der Waals surface area contributed by atoms with Crippen LogP contribution in [-0.2, 0) is 26.5 Å². The van der Waals surface area contributed by atoms with Crippen LogP contribution in [0.1, 0.15) is 27.7 Å². The number of aromatic hydroxyl groups is 1. The number of nitrogens with zero attached hydrogens (tertiary/aromatic N) is 4. The Kier molecular flexibility index (Phi) is 6.99. The molecular weight excluding hydrogens is 712 g/mol. The number of anilines is 5. The van der Waals surface area contributed by atoms with Gasteiger partial charge in [0.25, 0.3) is 0 Å². The number of aromatic nitrogens is 2. The summed E-state index contributed by atoms with van der Waals surface area (Å²) in [7, 11) is 2.07. The van der Waals surface area contributed by atoms with Crippen LogP contribution in [0.4, 0.5) is 28.6 Å². The van der Waals surface area contributed by atoms with Crippen LogP contribution in [0.3, 0.4) is 0 Å². The fourth-order valence-corrected chi connectivity index (χ4v) is 5.58. The van der Waals surface area contributed by atoms with Gasteiger partial charge in [0.1, 0.15) is 17.1 Å². The van der Waals surface area contributed by atoms with E-state index in [4.69, 9.17) is 11.3 Å². The van der Waals surface area contributed by atoms with Crippen molar-refractivity contribution in [2.24, 2.45) is 0 Å². The Balaban J connectivity index is 0.00000343. The zero-order valence-corrected chi connectivity index (χ0v) is 26.6. The van der Waals surface area contributed by atoms with E-state index in [1.807, 2.05) is 36.4 Å². The molecular formula is C37H31N4OPt-. The zero-order chi connectivity index (χ0) is 29.9. The monoisotopic (exact) mass is 743 g/mol. The van der Waals surface area contributed by atoms with Gasteiger partial charge in [0.2, 0.25) is 0 Å². The van der Waals surface area contributed by atoms with Gasteiger partial charge in [0, 0.05) is 39.7 Å². The summed E-state index contributed by atoms with van der Waals surface area (Å²) in [5, 5.41) is 11.1. The van der Waals surface area contributed by atoms with Gasteiger partial charge in [-0.25, -0.2) is 4.98 Å². The summed E-state index contributed by atoms with van der Waals surface area (Å²) in [5.41, 5.74) is 9.41. The minimum Gasteiger partial charge on any atom is -0.506 e. The van der Waals surface area contributed by atoms with E-state index in [2.05, 4.69) is 92.2 Å². The first kappa shape index (κ1) is 27.4. The Labute approximate surface area is 268 Å². The molecule has 0 bridgehead atoms. The van der Waals surface area contributed by atoms with Crippen molar-refractivity contribution in [3.8, 4) is 28.1 Å². The predicted octanol–water partition coefficient (Wildman–Crippen LogP) is 9.32. The number of hydrogen-bond donors (Lipinski definition) is 1. The minimum atomic E-state index is 0. The number of pyridine rings is 2. The van der Waals surface area contributed by atoms with Crippen molar-refractivity contribution in [3.63, 3.8) is 0 Å². The minimum absolute atomic E-state index is 0. The summed E-state index contributed by atoms with van der Waals surface area (Å²) >= 11 is 0. The SMILES string of the molecule is [2H]c1ccc(O)c2nc(-c3[c-]c4c(cc3)N(C)c3ccc(-c5ccc(C(C)(C)C)cc5)cc3N4c3ccccn3)ccc12.[Pt]. The molecule has 0 aliphatic carbocycles. The molecule has 2 aromatic heterocycles. The van der Waals surface area contributed by atoms with Crippen molar-refractivity contribution in [1.82, 2.24) is 9.97 Å². The molecule has 216 valence electrons. The molecule has 0 unspecified atom stereocenters. The van der Waals surface area contributed by atoms with Gasteiger partial charge >= 0.3 is 0 Å². The summed E-state index contributed by atoms with van der Waals surface area (Å²) in [4.78, 5) is 13.8. The number of rotatable bonds is 3. The molecule has 1 aliphatic rings. The van der Waals surface area contributed by atoms with E-state index in [0.717, 1.165) is 45.3 Å². The largest absolute Gasteiger partial charge is 0.506 e. The predicted molar refractivity (Wildman–Crippen MR) is 172 cm³/mol. The number of phenolic OH excluding ortho intramolecular Hbond substituents is 1. The third-order valence-electron chi connectivity index (χ3n) is 7.92. The maximum Gasteiger partial charge on any atom is 0.140 e. The average Bonchev–Trinajstić information content (AvgIpc) is 3.02. The van der Waals surface area contributed by atoms with Crippen LogP contribution in [0.2, 0.25) is 0 Å². The fourth-order valence-electron chi connectivity index (χ4n) is 5.58. The van der Waals surface area contributed by atoms with Crippen LogP contribution in [0.15, 0.2) is 109 Å². The molecule has 0 amide bonds. The molecule has 3 heterocycles. The van der Waals surface area contributed by atoms with E-state index in [1.54, 1.807) is 12.3 Å². The van der Waals surface area contributed by atoms with E-state index in [-0.39, 0.29) is 32.2 Å². The first-order valence-corrected chi connectivity index (χ1v) is 14.0. The van der Waals surface area contributed by atoms with Gasteiger partial charge in [-0.1, -0.05) is 81.4 Å². The van der Waals surface area contributed by atoms with Gasteiger partial charge in [-0.15, -0.1) is 23.8 Å². The van der Waals surface area contributed by atoms with Crippen molar-refractivity contribution in [1.29, 1.82) is 0 Å². The van der Waals surface area contributed by atoms with E-state index < -0.39 is 0 Å². The second kappa shape index (κ2) is 11.0. The summed E-state index contributed by atoms with van der Waals surface area (Å²) in [6.07, 6.45) is 1.80. The maximum atomic E-state index is 10.5. The van der Waals surface area contributed by atoms with Crippen LogP contribution >= 0.6 is 0 Å². The number of para-hydroxylation sites is 1. The number of fused-ring (bicyclic) bond motifs is 3. The topological polar surface area (TPSA) is 52.5 Å². The Morgan fingerprint density at radius 3 is 2.33 bits per heavy atom. The van der Waals surface area contributed by atoms with Crippen LogP contribution in [0, 0.1) is 6.07 Å². The Hall–Kier alpha value is -4.47. The molecule has 0 saturated heterocycles. The smallest absolute Gasteiger partial charge is 0.140 e. The third-order valence-corrected chi connectivity index (χ3v) is 7.92. The summed E-state index contributed by atoms with van der Waals surface area (Å²) in [6.45, 7) is 6.69. The molecule has 6 aromatic rings. The van der Waals surface area contributed by atoms with Crippen molar-refractivity contribution >= 4 is 39.5 Å². The Morgan fingerprint density at radius 1 is 0.814 bits per heavy atom.